The van der Waals surface area contributed by atoms with Crippen LogP contribution in [0, 0.1) is 12.8 Å². The second-order valence-electron chi connectivity index (χ2n) is 7.03. The molecule has 0 heterocycles. The number of guanidine groups is 1. The third kappa shape index (κ3) is 6.43. The van der Waals surface area contributed by atoms with Gasteiger partial charge in [0.1, 0.15) is 6.04 Å². The zero-order valence-electron chi connectivity index (χ0n) is 16.8. The number of nitrogens with two attached hydrogens (primary N) is 3. The molecule has 11 heteroatoms. The number of nitrogens with zero attached hydrogens (tertiary/aromatic N) is 2. The SMILES string of the molecule is Cc1ccc(S(=O)(=O)N(C(=O)[C@@H](N)CCCN=C(N)N)[C@H](C(=O)O)C(C)C)cc1. The maximum atomic E-state index is 13.2. The van der Waals surface area contributed by atoms with Crippen LogP contribution in [0.1, 0.15) is 32.3 Å². The van der Waals surface area contributed by atoms with Crippen molar-refractivity contribution in [3.63, 3.8) is 0 Å². The summed E-state index contributed by atoms with van der Waals surface area (Å²) in [6.45, 7) is 5.03. The number of hydrogen-bond acceptors (Lipinski definition) is 6. The number of benzene rings is 1. The predicted octanol–water partition coefficient (Wildman–Crippen LogP) is 0.00242. The van der Waals surface area contributed by atoms with Gasteiger partial charge in [0.15, 0.2) is 5.96 Å². The van der Waals surface area contributed by atoms with E-state index in [1.165, 1.54) is 26.0 Å². The molecule has 0 unspecified atom stereocenters. The van der Waals surface area contributed by atoms with Crippen molar-refractivity contribution in [2.45, 2.75) is 50.6 Å². The van der Waals surface area contributed by atoms with Gasteiger partial charge in [0.05, 0.1) is 10.9 Å². The molecule has 1 aromatic carbocycles. The van der Waals surface area contributed by atoms with Gasteiger partial charge < -0.3 is 22.3 Å². The van der Waals surface area contributed by atoms with E-state index in [0.717, 1.165) is 5.56 Å². The number of hydrogen-bond donors (Lipinski definition) is 4. The van der Waals surface area contributed by atoms with E-state index in [-0.39, 0.29) is 23.8 Å². The number of aliphatic imine (C=N–C) groups is 1. The lowest BCUT2D eigenvalue weighted by atomic mass is 10.0. The molecule has 0 spiro atoms. The van der Waals surface area contributed by atoms with Gasteiger partial charge in [0.2, 0.25) is 0 Å². The molecule has 1 amide bonds. The van der Waals surface area contributed by atoms with Gasteiger partial charge in [-0.25, -0.2) is 17.5 Å². The Morgan fingerprint density at radius 2 is 1.72 bits per heavy atom. The molecule has 1 aromatic rings. The minimum Gasteiger partial charge on any atom is -0.480 e. The van der Waals surface area contributed by atoms with E-state index in [0.29, 0.717) is 10.7 Å². The number of carbonyl (C=O) groups is 2. The molecular formula is C18H29N5O5S. The van der Waals surface area contributed by atoms with Crippen LogP contribution >= 0.6 is 0 Å². The summed E-state index contributed by atoms with van der Waals surface area (Å²) in [5.74, 6) is -3.21. The monoisotopic (exact) mass is 427 g/mol. The Morgan fingerprint density at radius 1 is 1.17 bits per heavy atom. The summed E-state index contributed by atoms with van der Waals surface area (Å²) >= 11 is 0. The second kappa shape index (κ2) is 10.2. The molecule has 0 radical (unpaired) electrons. The smallest absolute Gasteiger partial charge is 0.327 e. The first-order chi connectivity index (χ1) is 13.4. The van der Waals surface area contributed by atoms with Crippen molar-refractivity contribution in [1.82, 2.24) is 4.31 Å². The zero-order valence-corrected chi connectivity index (χ0v) is 17.6. The number of carboxylic acid groups (broad SMARTS) is 1. The van der Waals surface area contributed by atoms with Crippen molar-refractivity contribution < 1.29 is 23.1 Å². The Bertz CT molecular complexity index is 848. The van der Waals surface area contributed by atoms with Crippen LogP contribution in [0.15, 0.2) is 34.2 Å². The van der Waals surface area contributed by atoms with Crippen molar-refractivity contribution >= 4 is 27.9 Å². The van der Waals surface area contributed by atoms with Gasteiger partial charge in [-0.3, -0.25) is 9.79 Å². The van der Waals surface area contributed by atoms with Crippen LogP contribution in [0.3, 0.4) is 0 Å². The maximum absolute atomic E-state index is 13.2. The molecule has 0 aliphatic carbocycles. The van der Waals surface area contributed by atoms with Gasteiger partial charge in [0, 0.05) is 6.54 Å². The lowest BCUT2D eigenvalue weighted by Gasteiger charge is -2.32. The molecule has 0 aromatic heterocycles. The minimum absolute atomic E-state index is 0.0833. The van der Waals surface area contributed by atoms with E-state index in [4.69, 9.17) is 17.2 Å². The molecule has 0 bridgehead atoms. The second-order valence-corrected chi connectivity index (χ2v) is 8.85. The summed E-state index contributed by atoms with van der Waals surface area (Å²) in [5, 5.41) is 9.63. The molecule has 29 heavy (non-hydrogen) atoms. The first-order valence-corrected chi connectivity index (χ1v) is 10.5. The first-order valence-electron chi connectivity index (χ1n) is 9.08. The van der Waals surface area contributed by atoms with Crippen molar-refractivity contribution in [2.24, 2.45) is 28.1 Å². The highest BCUT2D eigenvalue weighted by Gasteiger charge is 2.42. The molecule has 0 saturated heterocycles. The van der Waals surface area contributed by atoms with Crippen LogP contribution in [0.2, 0.25) is 0 Å². The van der Waals surface area contributed by atoms with Gasteiger partial charge in [0.25, 0.3) is 15.9 Å². The highest BCUT2D eigenvalue weighted by Crippen LogP contribution is 2.24. The van der Waals surface area contributed by atoms with Crippen LogP contribution in [-0.2, 0) is 19.6 Å². The molecule has 0 aliphatic heterocycles. The molecular weight excluding hydrogens is 398 g/mol. The molecule has 0 fully saturated rings. The van der Waals surface area contributed by atoms with E-state index in [1.54, 1.807) is 19.1 Å². The van der Waals surface area contributed by atoms with Crippen LogP contribution in [-0.4, -0.2) is 54.3 Å². The molecule has 7 N–H and O–H groups in total. The molecule has 10 nitrogen and oxygen atoms in total. The summed E-state index contributed by atoms with van der Waals surface area (Å²) in [7, 11) is -4.44. The number of aliphatic carboxylic acids is 1. The molecule has 0 saturated carbocycles. The average molecular weight is 428 g/mol. The van der Waals surface area contributed by atoms with Gasteiger partial charge in [-0.1, -0.05) is 31.5 Å². The maximum Gasteiger partial charge on any atom is 0.327 e. The Labute approximate surface area is 170 Å². The lowest BCUT2D eigenvalue weighted by Crippen LogP contribution is -2.55. The van der Waals surface area contributed by atoms with Gasteiger partial charge in [-0.05, 0) is 37.8 Å². The van der Waals surface area contributed by atoms with Crippen molar-refractivity contribution in [2.75, 3.05) is 6.54 Å². The fourth-order valence-corrected chi connectivity index (χ4v) is 4.40. The first kappa shape index (κ1) is 24.4. The van der Waals surface area contributed by atoms with Crippen LogP contribution in [0.5, 0.6) is 0 Å². The fraction of sp³-hybridized carbons (Fsp3) is 0.500. The summed E-state index contributed by atoms with van der Waals surface area (Å²) < 4.78 is 26.8. The van der Waals surface area contributed by atoms with E-state index >= 15 is 0 Å². The van der Waals surface area contributed by atoms with Crippen molar-refractivity contribution in [3.05, 3.63) is 29.8 Å². The molecule has 162 valence electrons. The standard InChI is InChI=1S/C18H29N5O5S/c1-11(2)15(17(25)26)23(16(24)14(19)5-4-10-22-18(20)21)29(27,28)13-8-6-12(3)7-9-13/h6-9,11,14-15H,4-5,10,19H2,1-3H3,(H,25,26)(H4,20,21,22)/t14-,15-/m0/s1. The Kier molecular flexibility index (Phi) is 8.59. The fourth-order valence-electron chi connectivity index (χ4n) is 2.69. The number of amides is 1. The summed E-state index contributed by atoms with van der Waals surface area (Å²) in [5.41, 5.74) is 17.2. The topological polar surface area (TPSA) is 182 Å². The predicted molar refractivity (Wildman–Crippen MR) is 109 cm³/mol. The van der Waals surface area contributed by atoms with E-state index in [9.17, 15) is 23.1 Å². The number of sulfonamides is 1. The van der Waals surface area contributed by atoms with Gasteiger partial charge >= 0.3 is 5.97 Å². The number of carboxylic acids is 1. The van der Waals surface area contributed by atoms with E-state index in [1.807, 2.05) is 0 Å². The molecule has 0 aliphatic rings. The normalized spacial score (nSPS) is 13.6. The van der Waals surface area contributed by atoms with Crippen molar-refractivity contribution in [3.8, 4) is 0 Å². The number of carbonyl (C=O) groups excluding carboxylic acids is 1. The van der Waals surface area contributed by atoms with Crippen LogP contribution in [0.25, 0.3) is 0 Å². The summed E-state index contributed by atoms with van der Waals surface area (Å²) in [6, 6.07) is 2.96. The average Bonchev–Trinajstić information content (AvgIpc) is 2.61. The number of aryl methyl sites for hydroxylation is 1. The summed E-state index contributed by atoms with van der Waals surface area (Å²) in [4.78, 5) is 28.4. The largest absolute Gasteiger partial charge is 0.480 e. The van der Waals surface area contributed by atoms with Gasteiger partial charge in [-0.15, -0.1) is 0 Å². The lowest BCUT2D eigenvalue weighted by molar-refractivity contribution is -0.148. The molecule has 2 atom stereocenters. The van der Waals surface area contributed by atoms with Gasteiger partial charge in [-0.2, -0.15) is 0 Å². The zero-order chi connectivity index (χ0) is 22.4. The minimum atomic E-state index is -4.44. The van der Waals surface area contributed by atoms with E-state index in [2.05, 4.69) is 4.99 Å². The molecule has 1 rings (SSSR count). The highest BCUT2D eigenvalue weighted by atomic mass is 32.2. The number of rotatable bonds is 10. The van der Waals surface area contributed by atoms with Crippen LogP contribution < -0.4 is 17.2 Å². The Hall–Kier alpha value is -2.66. The van der Waals surface area contributed by atoms with Crippen LogP contribution in [0.4, 0.5) is 0 Å². The van der Waals surface area contributed by atoms with E-state index < -0.39 is 39.9 Å². The quantitative estimate of drug-likeness (QED) is 0.228. The third-order valence-electron chi connectivity index (χ3n) is 4.22. The van der Waals surface area contributed by atoms with Crippen molar-refractivity contribution in [1.29, 1.82) is 0 Å². The highest BCUT2D eigenvalue weighted by molar-refractivity contribution is 7.89. The Morgan fingerprint density at radius 3 is 2.17 bits per heavy atom. The third-order valence-corrected chi connectivity index (χ3v) is 6.01. The Balaban J connectivity index is 3.30. The summed E-state index contributed by atoms with van der Waals surface area (Å²) in [6.07, 6.45) is 0.405.